The minimum absolute atomic E-state index is 0.221. The highest BCUT2D eigenvalue weighted by Crippen LogP contribution is 2.68. The van der Waals surface area contributed by atoms with Crippen LogP contribution in [0, 0.1) is 46.8 Å². The topological polar surface area (TPSA) is 46.5 Å². The monoisotopic (exact) mass is 346 g/mol. The van der Waals surface area contributed by atoms with Gasteiger partial charge in [-0.05, 0) is 98.7 Å². The Hall–Kier alpha value is -0.410. The van der Waals surface area contributed by atoms with Crippen LogP contribution >= 0.6 is 0 Å². The second-order valence-corrected chi connectivity index (χ2v) is 10.4. The average molecular weight is 347 g/mol. The molecule has 0 aliphatic heterocycles. The molecule has 140 valence electrons. The Bertz CT molecular complexity index is 574. The van der Waals surface area contributed by atoms with Crippen molar-refractivity contribution >= 4 is 5.78 Å². The molecule has 5 aliphatic rings. The van der Waals surface area contributed by atoms with Crippen LogP contribution in [0.2, 0.25) is 0 Å². The first-order valence-corrected chi connectivity index (χ1v) is 10.7. The zero-order valence-electron chi connectivity index (χ0n) is 15.9. The highest BCUT2D eigenvalue weighted by molar-refractivity contribution is 5.83. The Morgan fingerprint density at radius 2 is 1.64 bits per heavy atom. The van der Waals surface area contributed by atoms with E-state index in [1.807, 2.05) is 0 Å². The summed E-state index contributed by atoms with van der Waals surface area (Å²) in [6, 6.07) is 0. The SMILES string of the molecule is COCC(=O)[C@H]1CC[C@H]2[C@@H]3CC[C@@H]4C5C[C@@]5(O)CC[C@@H]4C3CC[C@]12C. The van der Waals surface area contributed by atoms with E-state index in [-0.39, 0.29) is 16.9 Å². The molecule has 25 heavy (non-hydrogen) atoms. The maximum Gasteiger partial charge on any atom is 0.162 e. The molecule has 0 aromatic rings. The van der Waals surface area contributed by atoms with Gasteiger partial charge in [0.2, 0.25) is 0 Å². The van der Waals surface area contributed by atoms with Crippen LogP contribution in [-0.2, 0) is 9.53 Å². The molecule has 5 rings (SSSR count). The van der Waals surface area contributed by atoms with Crippen LogP contribution in [0.15, 0.2) is 0 Å². The van der Waals surface area contributed by atoms with Gasteiger partial charge >= 0.3 is 0 Å². The smallest absolute Gasteiger partial charge is 0.162 e. The zero-order valence-corrected chi connectivity index (χ0v) is 15.9. The van der Waals surface area contributed by atoms with Crippen molar-refractivity contribution in [3.05, 3.63) is 0 Å². The van der Waals surface area contributed by atoms with Crippen molar-refractivity contribution in [1.82, 2.24) is 0 Å². The summed E-state index contributed by atoms with van der Waals surface area (Å²) in [5.74, 6) is 5.33. The molecule has 5 saturated carbocycles. The maximum atomic E-state index is 12.6. The fourth-order valence-corrected chi connectivity index (χ4v) is 8.46. The number of carbonyl (C=O) groups excluding carboxylic acids is 1. The van der Waals surface area contributed by atoms with Crippen LogP contribution < -0.4 is 0 Å². The second-order valence-electron chi connectivity index (χ2n) is 10.4. The van der Waals surface area contributed by atoms with Crippen molar-refractivity contribution in [2.75, 3.05) is 13.7 Å². The second kappa shape index (κ2) is 5.55. The van der Waals surface area contributed by atoms with Crippen LogP contribution in [0.25, 0.3) is 0 Å². The van der Waals surface area contributed by atoms with Gasteiger partial charge in [0.05, 0.1) is 5.60 Å². The number of ketones is 1. The molecule has 5 fully saturated rings. The number of Topliss-reactive ketones (excluding diaryl/α,β-unsaturated/α-hetero) is 1. The first kappa shape index (κ1) is 16.7. The Morgan fingerprint density at radius 1 is 0.960 bits per heavy atom. The fourth-order valence-electron chi connectivity index (χ4n) is 8.46. The van der Waals surface area contributed by atoms with Crippen molar-refractivity contribution in [2.24, 2.45) is 46.8 Å². The molecular formula is C22H34O3. The lowest BCUT2D eigenvalue weighted by molar-refractivity contribution is -0.134. The molecule has 3 heteroatoms. The highest BCUT2D eigenvalue weighted by atomic mass is 16.5. The Morgan fingerprint density at radius 3 is 2.36 bits per heavy atom. The van der Waals surface area contributed by atoms with Crippen molar-refractivity contribution in [1.29, 1.82) is 0 Å². The standard InChI is InChI=1S/C22H34O3/c1-21-9-7-13-14-8-10-22(24)11-19(22)16(14)4-3-15(13)17(21)5-6-18(21)20(23)12-25-2/h13-19,24H,3-12H2,1-2H3/t13?,14-,15-,16+,17+,18-,19?,21+,22+/m1/s1. The maximum absolute atomic E-state index is 12.6. The number of aliphatic hydroxyl groups is 1. The summed E-state index contributed by atoms with van der Waals surface area (Å²) in [5.41, 5.74) is -0.0409. The third-order valence-electron chi connectivity index (χ3n) is 9.63. The van der Waals surface area contributed by atoms with Gasteiger partial charge in [-0.3, -0.25) is 4.79 Å². The van der Waals surface area contributed by atoms with Gasteiger partial charge in [0.1, 0.15) is 6.61 Å². The Balaban J connectivity index is 1.36. The lowest BCUT2D eigenvalue weighted by Gasteiger charge is -2.56. The Labute approximate surface area is 151 Å². The third kappa shape index (κ3) is 2.27. The molecule has 5 aliphatic carbocycles. The predicted octanol–water partition coefficient (Wildman–Crippen LogP) is 3.83. The molecule has 1 N–H and O–H groups in total. The number of carbonyl (C=O) groups is 1. The van der Waals surface area contributed by atoms with E-state index in [2.05, 4.69) is 6.92 Å². The number of fused-ring (bicyclic) bond motifs is 7. The third-order valence-corrected chi connectivity index (χ3v) is 9.63. The normalized spacial score (nSPS) is 56.4. The summed E-state index contributed by atoms with van der Waals surface area (Å²) < 4.78 is 5.17. The number of rotatable bonds is 3. The van der Waals surface area contributed by atoms with Crippen LogP contribution in [0.5, 0.6) is 0 Å². The van der Waals surface area contributed by atoms with Crippen LogP contribution in [0.3, 0.4) is 0 Å². The molecule has 3 nitrogen and oxygen atoms in total. The largest absolute Gasteiger partial charge is 0.390 e. The molecule has 9 atom stereocenters. The number of ether oxygens (including phenoxy) is 1. The summed E-state index contributed by atoms with van der Waals surface area (Å²) in [6.07, 6.45) is 11.0. The minimum Gasteiger partial charge on any atom is -0.390 e. The quantitative estimate of drug-likeness (QED) is 0.845. The molecule has 0 radical (unpaired) electrons. The molecule has 0 bridgehead atoms. The lowest BCUT2D eigenvalue weighted by atomic mass is 9.49. The summed E-state index contributed by atoms with van der Waals surface area (Å²) in [7, 11) is 1.65. The zero-order chi connectivity index (χ0) is 17.4. The molecular weight excluding hydrogens is 312 g/mol. The number of hydrogen-bond donors (Lipinski definition) is 1. The molecule has 0 spiro atoms. The summed E-state index contributed by atoms with van der Waals surface area (Å²) in [6.45, 7) is 2.72. The van der Waals surface area contributed by atoms with E-state index in [4.69, 9.17) is 4.74 Å². The van der Waals surface area contributed by atoms with Crippen molar-refractivity contribution in [3.63, 3.8) is 0 Å². The number of hydrogen-bond acceptors (Lipinski definition) is 3. The van der Waals surface area contributed by atoms with E-state index in [9.17, 15) is 9.90 Å². The summed E-state index contributed by atoms with van der Waals surface area (Å²) in [5, 5.41) is 10.6. The van der Waals surface area contributed by atoms with Gasteiger partial charge in [-0.25, -0.2) is 0 Å². The van der Waals surface area contributed by atoms with E-state index >= 15 is 0 Å². The molecule has 0 saturated heterocycles. The van der Waals surface area contributed by atoms with E-state index < -0.39 is 0 Å². The fraction of sp³-hybridized carbons (Fsp3) is 0.955. The first-order chi connectivity index (χ1) is 12.0. The van der Waals surface area contributed by atoms with Gasteiger partial charge < -0.3 is 9.84 Å². The van der Waals surface area contributed by atoms with Gasteiger partial charge in [-0.15, -0.1) is 0 Å². The van der Waals surface area contributed by atoms with E-state index in [1.54, 1.807) is 7.11 Å². The van der Waals surface area contributed by atoms with Gasteiger partial charge in [0, 0.05) is 13.0 Å². The van der Waals surface area contributed by atoms with Crippen LogP contribution in [0.4, 0.5) is 0 Å². The van der Waals surface area contributed by atoms with Crippen molar-refractivity contribution < 1.29 is 14.6 Å². The molecule has 0 heterocycles. The van der Waals surface area contributed by atoms with Crippen molar-refractivity contribution in [3.8, 4) is 0 Å². The van der Waals surface area contributed by atoms with Gasteiger partial charge in [-0.2, -0.15) is 0 Å². The number of methoxy groups -OCH3 is 1. The van der Waals surface area contributed by atoms with Crippen LogP contribution in [0.1, 0.15) is 64.7 Å². The Kier molecular flexibility index (Phi) is 3.71. The van der Waals surface area contributed by atoms with Gasteiger partial charge in [0.15, 0.2) is 5.78 Å². The van der Waals surface area contributed by atoms with Crippen LogP contribution in [-0.4, -0.2) is 30.2 Å². The summed E-state index contributed by atoms with van der Waals surface area (Å²) >= 11 is 0. The van der Waals surface area contributed by atoms with Crippen molar-refractivity contribution in [2.45, 2.75) is 70.3 Å². The van der Waals surface area contributed by atoms with E-state index in [1.165, 1.54) is 38.5 Å². The predicted molar refractivity (Wildman–Crippen MR) is 95.9 cm³/mol. The van der Waals surface area contributed by atoms with E-state index in [0.29, 0.717) is 18.3 Å². The summed E-state index contributed by atoms with van der Waals surface area (Å²) in [4.78, 5) is 12.6. The minimum atomic E-state index is -0.262. The molecule has 0 aromatic carbocycles. The molecule has 0 aromatic heterocycles. The highest BCUT2D eigenvalue weighted by Gasteiger charge is 2.65. The average Bonchev–Trinajstić information content (AvgIpc) is 3.16. The van der Waals surface area contributed by atoms with Gasteiger partial charge in [0.25, 0.3) is 0 Å². The molecule has 0 amide bonds. The van der Waals surface area contributed by atoms with E-state index in [0.717, 1.165) is 48.9 Å². The van der Waals surface area contributed by atoms with Gasteiger partial charge in [-0.1, -0.05) is 6.92 Å². The lowest BCUT2D eigenvalue weighted by Crippen LogP contribution is -2.50. The molecule has 2 unspecified atom stereocenters. The first-order valence-electron chi connectivity index (χ1n) is 10.7.